The van der Waals surface area contributed by atoms with Crippen molar-refractivity contribution >= 4 is 29.1 Å². The standard InChI is InChI=1S/C17H25N3O4/c1-3-4-10-24-11-6-9-18-16(22)17(23)20-15-8-5-7-14(12-15)19-13(2)21/h5,7-8,12H,3-4,6,9-11H2,1-2H3,(H,18,22)(H,19,21)(H,20,23). The lowest BCUT2D eigenvalue weighted by molar-refractivity contribution is -0.136. The number of unbranched alkanes of at least 4 members (excludes halogenated alkanes) is 1. The van der Waals surface area contributed by atoms with Crippen molar-refractivity contribution in [3.05, 3.63) is 24.3 Å². The van der Waals surface area contributed by atoms with E-state index in [1.165, 1.54) is 6.92 Å². The second-order valence-electron chi connectivity index (χ2n) is 5.29. The van der Waals surface area contributed by atoms with Gasteiger partial charge in [0.25, 0.3) is 0 Å². The minimum atomic E-state index is -0.748. The Morgan fingerprint density at radius 1 is 1.00 bits per heavy atom. The van der Waals surface area contributed by atoms with E-state index in [4.69, 9.17) is 4.74 Å². The molecule has 24 heavy (non-hydrogen) atoms. The van der Waals surface area contributed by atoms with Gasteiger partial charge in [-0.1, -0.05) is 19.4 Å². The van der Waals surface area contributed by atoms with E-state index >= 15 is 0 Å². The Kier molecular flexibility index (Phi) is 9.14. The van der Waals surface area contributed by atoms with Crippen molar-refractivity contribution in [1.29, 1.82) is 0 Å². The topological polar surface area (TPSA) is 96.5 Å². The Hall–Kier alpha value is -2.41. The van der Waals surface area contributed by atoms with E-state index in [0.717, 1.165) is 19.4 Å². The van der Waals surface area contributed by atoms with Gasteiger partial charge in [-0.15, -0.1) is 0 Å². The zero-order valence-electron chi connectivity index (χ0n) is 14.2. The summed E-state index contributed by atoms with van der Waals surface area (Å²) in [5, 5.41) is 7.64. The van der Waals surface area contributed by atoms with E-state index < -0.39 is 11.8 Å². The first-order chi connectivity index (χ1) is 11.5. The van der Waals surface area contributed by atoms with Gasteiger partial charge in [0.15, 0.2) is 0 Å². The summed E-state index contributed by atoms with van der Waals surface area (Å²) in [7, 11) is 0. The molecule has 0 unspecified atom stereocenters. The molecule has 3 amide bonds. The molecule has 7 nitrogen and oxygen atoms in total. The zero-order chi connectivity index (χ0) is 17.8. The van der Waals surface area contributed by atoms with Crippen LogP contribution in [0.5, 0.6) is 0 Å². The average molecular weight is 335 g/mol. The van der Waals surface area contributed by atoms with Gasteiger partial charge in [0.05, 0.1) is 0 Å². The van der Waals surface area contributed by atoms with Crippen LogP contribution in [0.25, 0.3) is 0 Å². The highest BCUT2D eigenvalue weighted by molar-refractivity contribution is 6.39. The normalized spacial score (nSPS) is 10.1. The maximum Gasteiger partial charge on any atom is 0.313 e. The number of carbonyl (C=O) groups excluding carboxylic acids is 3. The number of carbonyl (C=O) groups is 3. The molecule has 1 aromatic carbocycles. The van der Waals surface area contributed by atoms with Crippen LogP contribution < -0.4 is 16.0 Å². The predicted octanol–water partition coefficient (Wildman–Crippen LogP) is 1.91. The van der Waals surface area contributed by atoms with Crippen LogP contribution >= 0.6 is 0 Å². The molecule has 0 saturated carbocycles. The van der Waals surface area contributed by atoms with Gasteiger partial charge in [-0.25, -0.2) is 0 Å². The van der Waals surface area contributed by atoms with Crippen molar-refractivity contribution in [2.75, 3.05) is 30.4 Å². The van der Waals surface area contributed by atoms with Crippen LogP contribution in [0.2, 0.25) is 0 Å². The van der Waals surface area contributed by atoms with Gasteiger partial charge in [0, 0.05) is 38.1 Å². The third-order valence-electron chi connectivity index (χ3n) is 3.04. The van der Waals surface area contributed by atoms with E-state index in [2.05, 4.69) is 22.9 Å². The third kappa shape index (κ3) is 8.28. The molecule has 0 aliphatic carbocycles. The summed E-state index contributed by atoms with van der Waals surface area (Å²) in [4.78, 5) is 34.5. The molecule has 7 heteroatoms. The molecular weight excluding hydrogens is 310 g/mol. The number of ether oxygens (including phenoxy) is 1. The molecule has 0 bridgehead atoms. The molecule has 0 saturated heterocycles. The Labute approximate surface area is 142 Å². The van der Waals surface area contributed by atoms with Crippen molar-refractivity contribution in [3.8, 4) is 0 Å². The number of hydrogen-bond donors (Lipinski definition) is 3. The van der Waals surface area contributed by atoms with Gasteiger partial charge in [-0.3, -0.25) is 14.4 Å². The van der Waals surface area contributed by atoms with Crippen LogP contribution in [0.4, 0.5) is 11.4 Å². The number of nitrogens with one attached hydrogen (secondary N) is 3. The van der Waals surface area contributed by atoms with Crippen molar-refractivity contribution < 1.29 is 19.1 Å². The summed E-state index contributed by atoms with van der Waals surface area (Å²) in [6.45, 7) is 5.14. The lowest BCUT2D eigenvalue weighted by atomic mass is 10.2. The van der Waals surface area contributed by atoms with Crippen LogP contribution in [0.3, 0.4) is 0 Å². The number of rotatable bonds is 9. The molecule has 0 fully saturated rings. The van der Waals surface area contributed by atoms with Gasteiger partial charge < -0.3 is 20.7 Å². The van der Waals surface area contributed by atoms with Gasteiger partial charge >= 0.3 is 11.8 Å². The Balaban J connectivity index is 2.31. The van der Waals surface area contributed by atoms with Gasteiger partial charge in [-0.2, -0.15) is 0 Å². The van der Waals surface area contributed by atoms with E-state index in [-0.39, 0.29) is 5.91 Å². The molecular formula is C17H25N3O4. The van der Waals surface area contributed by atoms with Gasteiger partial charge in [0.2, 0.25) is 5.91 Å². The smallest absolute Gasteiger partial charge is 0.313 e. The van der Waals surface area contributed by atoms with E-state index in [1.54, 1.807) is 24.3 Å². The van der Waals surface area contributed by atoms with E-state index in [9.17, 15) is 14.4 Å². The molecule has 0 aliphatic heterocycles. The molecule has 0 aromatic heterocycles. The maximum atomic E-state index is 11.8. The van der Waals surface area contributed by atoms with Crippen LogP contribution in [0.15, 0.2) is 24.3 Å². The second-order valence-corrected chi connectivity index (χ2v) is 5.29. The summed E-state index contributed by atoms with van der Waals surface area (Å²) in [5.41, 5.74) is 0.981. The van der Waals surface area contributed by atoms with E-state index in [0.29, 0.717) is 30.9 Å². The minimum absolute atomic E-state index is 0.211. The Bertz CT molecular complexity index is 561. The second kappa shape index (κ2) is 11.2. The van der Waals surface area contributed by atoms with Gasteiger partial charge in [0.1, 0.15) is 0 Å². The van der Waals surface area contributed by atoms with Crippen LogP contribution in [0, 0.1) is 0 Å². The summed E-state index contributed by atoms with van der Waals surface area (Å²) in [5.74, 6) is -1.66. The quantitative estimate of drug-likeness (QED) is 0.474. The molecule has 0 atom stereocenters. The molecule has 3 N–H and O–H groups in total. The summed E-state index contributed by atoms with van der Waals surface area (Å²) < 4.78 is 5.37. The SMILES string of the molecule is CCCCOCCCNC(=O)C(=O)Nc1cccc(NC(C)=O)c1. The highest BCUT2D eigenvalue weighted by Gasteiger charge is 2.13. The number of amides is 3. The van der Waals surface area contributed by atoms with Crippen molar-refractivity contribution in [3.63, 3.8) is 0 Å². The Morgan fingerprint density at radius 3 is 2.33 bits per heavy atom. The average Bonchev–Trinajstić information content (AvgIpc) is 2.53. The molecule has 0 radical (unpaired) electrons. The molecule has 0 heterocycles. The molecule has 0 spiro atoms. The van der Waals surface area contributed by atoms with Crippen molar-refractivity contribution in [2.45, 2.75) is 33.1 Å². The highest BCUT2D eigenvalue weighted by atomic mass is 16.5. The van der Waals surface area contributed by atoms with Crippen LogP contribution in [-0.2, 0) is 19.1 Å². The van der Waals surface area contributed by atoms with Crippen LogP contribution in [-0.4, -0.2) is 37.5 Å². The Morgan fingerprint density at radius 2 is 1.67 bits per heavy atom. The fraction of sp³-hybridized carbons (Fsp3) is 0.471. The van der Waals surface area contributed by atoms with Crippen LogP contribution in [0.1, 0.15) is 33.1 Å². The van der Waals surface area contributed by atoms with Crippen molar-refractivity contribution in [2.24, 2.45) is 0 Å². The summed E-state index contributed by atoms with van der Waals surface area (Å²) >= 11 is 0. The lowest BCUT2D eigenvalue weighted by Crippen LogP contribution is -2.36. The molecule has 132 valence electrons. The fourth-order valence-electron chi connectivity index (χ4n) is 1.87. The third-order valence-corrected chi connectivity index (χ3v) is 3.04. The van der Waals surface area contributed by atoms with Crippen molar-refractivity contribution in [1.82, 2.24) is 5.32 Å². The molecule has 1 rings (SSSR count). The largest absolute Gasteiger partial charge is 0.381 e. The molecule has 1 aromatic rings. The predicted molar refractivity (Wildman–Crippen MR) is 92.7 cm³/mol. The number of anilines is 2. The van der Waals surface area contributed by atoms with Gasteiger partial charge in [-0.05, 0) is 31.0 Å². The highest BCUT2D eigenvalue weighted by Crippen LogP contribution is 2.14. The summed E-state index contributed by atoms with van der Waals surface area (Å²) in [6.07, 6.45) is 2.76. The monoisotopic (exact) mass is 335 g/mol. The van der Waals surface area contributed by atoms with E-state index in [1.807, 2.05) is 0 Å². The first kappa shape index (κ1) is 19.6. The lowest BCUT2D eigenvalue weighted by Gasteiger charge is -2.08. The number of benzene rings is 1. The fourth-order valence-corrected chi connectivity index (χ4v) is 1.87. The number of hydrogen-bond acceptors (Lipinski definition) is 4. The zero-order valence-corrected chi connectivity index (χ0v) is 14.2. The molecule has 0 aliphatic rings. The first-order valence-electron chi connectivity index (χ1n) is 8.07. The summed E-state index contributed by atoms with van der Waals surface area (Å²) in [6, 6.07) is 6.58. The first-order valence-corrected chi connectivity index (χ1v) is 8.07. The minimum Gasteiger partial charge on any atom is -0.381 e. The maximum absolute atomic E-state index is 11.8.